The largest absolute Gasteiger partial charge is 0.478 e. The van der Waals surface area contributed by atoms with Gasteiger partial charge in [-0.05, 0) is 31.9 Å². The molecule has 2 unspecified atom stereocenters. The molecule has 1 aromatic rings. The number of pyridine rings is 1. The van der Waals surface area contributed by atoms with Gasteiger partial charge in [-0.3, -0.25) is 9.78 Å². The summed E-state index contributed by atoms with van der Waals surface area (Å²) in [6.07, 6.45) is 2.72. The van der Waals surface area contributed by atoms with Crippen LogP contribution in [0.3, 0.4) is 0 Å². The summed E-state index contributed by atoms with van der Waals surface area (Å²) in [5.41, 5.74) is 0.671. The van der Waals surface area contributed by atoms with Crippen LogP contribution in [-0.4, -0.2) is 34.2 Å². The number of rotatable bonds is 4. The van der Waals surface area contributed by atoms with E-state index in [1.165, 1.54) is 18.3 Å². The van der Waals surface area contributed by atoms with E-state index in [-0.39, 0.29) is 24.1 Å². The number of aromatic carboxylic acids is 1. The predicted octanol–water partition coefficient (Wildman–Crippen LogP) is 0.963. The number of hydrogen-bond donors (Lipinski definition) is 2. The molecular weight excluding hydrogens is 248 g/mol. The molecule has 2 heterocycles. The number of carbonyl (C=O) groups is 2. The Morgan fingerprint density at radius 1 is 1.53 bits per heavy atom. The van der Waals surface area contributed by atoms with Crippen molar-refractivity contribution >= 4 is 11.9 Å². The summed E-state index contributed by atoms with van der Waals surface area (Å²) in [6.45, 7) is 2.14. The highest BCUT2D eigenvalue weighted by Crippen LogP contribution is 2.19. The summed E-state index contributed by atoms with van der Waals surface area (Å²) in [4.78, 5) is 26.6. The second-order valence-corrected chi connectivity index (χ2v) is 4.57. The second-order valence-electron chi connectivity index (χ2n) is 4.57. The van der Waals surface area contributed by atoms with Crippen molar-refractivity contribution in [3.63, 3.8) is 0 Å². The molecule has 0 aromatic carbocycles. The molecule has 0 spiro atoms. The Kier molecular flexibility index (Phi) is 4.11. The monoisotopic (exact) mass is 264 g/mol. The Morgan fingerprint density at radius 2 is 2.32 bits per heavy atom. The van der Waals surface area contributed by atoms with Crippen LogP contribution in [0.15, 0.2) is 18.3 Å². The number of ether oxygens (including phenoxy) is 1. The van der Waals surface area contributed by atoms with E-state index in [4.69, 9.17) is 9.84 Å². The minimum absolute atomic E-state index is 0.115. The second kappa shape index (κ2) is 5.79. The third-order valence-electron chi connectivity index (χ3n) is 3.03. The third kappa shape index (κ3) is 3.51. The number of aromatic nitrogens is 1. The summed E-state index contributed by atoms with van der Waals surface area (Å²) in [5.74, 6) is -1.19. The quantitative estimate of drug-likeness (QED) is 0.845. The van der Waals surface area contributed by atoms with Gasteiger partial charge in [0.05, 0.1) is 23.9 Å². The van der Waals surface area contributed by atoms with Gasteiger partial charge in [0, 0.05) is 6.20 Å². The number of nitrogens with zero attached hydrogens (tertiary/aromatic N) is 1. The molecule has 19 heavy (non-hydrogen) atoms. The zero-order chi connectivity index (χ0) is 13.8. The van der Waals surface area contributed by atoms with E-state index in [0.717, 1.165) is 12.8 Å². The number of hydrogen-bond acceptors (Lipinski definition) is 4. The lowest BCUT2D eigenvalue weighted by Gasteiger charge is -2.11. The first kappa shape index (κ1) is 13.5. The van der Waals surface area contributed by atoms with Gasteiger partial charge in [-0.1, -0.05) is 0 Å². The maximum absolute atomic E-state index is 11.8. The first-order chi connectivity index (χ1) is 9.06. The summed E-state index contributed by atoms with van der Waals surface area (Å²) < 4.78 is 5.45. The van der Waals surface area contributed by atoms with Crippen LogP contribution in [0.2, 0.25) is 0 Å². The topological polar surface area (TPSA) is 88.5 Å². The maximum Gasteiger partial charge on any atom is 0.335 e. The van der Waals surface area contributed by atoms with Gasteiger partial charge in [0.25, 0.3) is 0 Å². The minimum Gasteiger partial charge on any atom is -0.478 e. The zero-order valence-electron chi connectivity index (χ0n) is 10.6. The van der Waals surface area contributed by atoms with E-state index >= 15 is 0 Å². The van der Waals surface area contributed by atoms with E-state index < -0.39 is 12.1 Å². The maximum atomic E-state index is 11.8. The van der Waals surface area contributed by atoms with Crippen molar-refractivity contribution in [1.29, 1.82) is 0 Å². The molecule has 0 saturated carbocycles. The predicted molar refractivity (Wildman–Crippen MR) is 66.6 cm³/mol. The van der Waals surface area contributed by atoms with Gasteiger partial charge in [-0.2, -0.15) is 0 Å². The van der Waals surface area contributed by atoms with Crippen LogP contribution in [0.25, 0.3) is 0 Å². The number of carboxylic acid groups (broad SMARTS) is 1. The smallest absolute Gasteiger partial charge is 0.335 e. The van der Waals surface area contributed by atoms with E-state index in [1.807, 2.05) is 6.92 Å². The molecule has 1 amide bonds. The van der Waals surface area contributed by atoms with Crippen LogP contribution in [0.5, 0.6) is 0 Å². The number of carbonyl (C=O) groups excluding carboxylic acids is 1. The molecule has 2 atom stereocenters. The lowest BCUT2D eigenvalue weighted by atomic mass is 10.2. The van der Waals surface area contributed by atoms with Gasteiger partial charge in [-0.25, -0.2) is 4.79 Å². The molecule has 0 aliphatic carbocycles. The van der Waals surface area contributed by atoms with Gasteiger partial charge in [-0.15, -0.1) is 0 Å². The van der Waals surface area contributed by atoms with Crippen LogP contribution >= 0.6 is 0 Å². The van der Waals surface area contributed by atoms with Crippen molar-refractivity contribution < 1.29 is 19.4 Å². The number of amides is 1. The average molecular weight is 264 g/mol. The number of carboxylic acids is 1. The van der Waals surface area contributed by atoms with Gasteiger partial charge in [0.1, 0.15) is 6.10 Å². The molecular formula is C13H16N2O4. The fourth-order valence-electron chi connectivity index (χ4n) is 1.99. The van der Waals surface area contributed by atoms with Crippen molar-refractivity contribution in [1.82, 2.24) is 10.3 Å². The third-order valence-corrected chi connectivity index (χ3v) is 3.03. The summed E-state index contributed by atoms with van der Waals surface area (Å²) in [6, 6.07) is 2.86. The molecule has 0 bridgehead atoms. The minimum atomic E-state index is -1.01. The Labute approximate surface area is 110 Å². The Bertz CT molecular complexity index is 489. The lowest BCUT2D eigenvalue weighted by Crippen LogP contribution is -2.34. The molecule has 2 N–H and O–H groups in total. The molecule has 1 aliphatic rings. The summed E-state index contributed by atoms with van der Waals surface area (Å²) in [7, 11) is 0. The molecule has 2 rings (SSSR count). The highest BCUT2D eigenvalue weighted by Gasteiger charge is 2.27. The van der Waals surface area contributed by atoms with E-state index in [9.17, 15) is 9.59 Å². The molecule has 1 fully saturated rings. The highest BCUT2D eigenvalue weighted by atomic mass is 16.5. The van der Waals surface area contributed by atoms with Gasteiger partial charge >= 0.3 is 5.97 Å². The highest BCUT2D eigenvalue weighted by molar-refractivity contribution is 5.87. The van der Waals surface area contributed by atoms with Crippen LogP contribution in [0.4, 0.5) is 0 Å². The molecule has 6 nitrogen and oxygen atoms in total. The summed E-state index contributed by atoms with van der Waals surface area (Å²) >= 11 is 0. The Balaban J connectivity index is 1.90. The normalized spacial score (nSPS) is 22.2. The van der Waals surface area contributed by atoms with Crippen molar-refractivity contribution in [3.05, 3.63) is 29.6 Å². The van der Waals surface area contributed by atoms with Crippen LogP contribution in [0, 0.1) is 0 Å². The van der Waals surface area contributed by atoms with Crippen LogP contribution < -0.4 is 5.32 Å². The van der Waals surface area contributed by atoms with Crippen LogP contribution in [0.1, 0.15) is 35.8 Å². The molecule has 1 saturated heterocycles. The van der Waals surface area contributed by atoms with Crippen molar-refractivity contribution in [3.8, 4) is 0 Å². The van der Waals surface area contributed by atoms with Crippen LogP contribution in [-0.2, 0) is 16.1 Å². The lowest BCUT2D eigenvalue weighted by molar-refractivity contribution is -0.131. The Hall–Kier alpha value is -1.95. The molecule has 0 radical (unpaired) electrons. The zero-order valence-corrected chi connectivity index (χ0v) is 10.6. The first-order valence-electron chi connectivity index (χ1n) is 6.17. The van der Waals surface area contributed by atoms with E-state index in [1.54, 1.807) is 0 Å². The van der Waals surface area contributed by atoms with Gasteiger partial charge in [0.15, 0.2) is 0 Å². The Morgan fingerprint density at radius 3 is 2.95 bits per heavy atom. The average Bonchev–Trinajstić information content (AvgIpc) is 2.83. The number of nitrogens with one attached hydrogen (secondary N) is 1. The van der Waals surface area contributed by atoms with Gasteiger partial charge in [0.2, 0.25) is 5.91 Å². The molecule has 102 valence electrons. The van der Waals surface area contributed by atoms with Crippen molar-refractivity contribution in [2.75, 3.05) is 0 Å². The fourth-order valence-corrected chi connectivity index (χ4v) is 1.99. The fraction of sp³-hybridized carbons (Fsp3) is 0.462. The molecule has 1 aliphatic heterocycles. The molecule has 1 aromatic heterocycles. The van der Waals surface area contributed by atoms with Crippen molar-refractivity contribution in [2.45, 2.75) is 38.5 Å². The first-order valence-corrected chi connectivity index (χ1v) is 6.17. The van der Waals surface area contributed by atoms with Gasteiger partial charge < -0.3 is 15.2 Å². The molecule has 6 heteroatoms. The SMILES string of the molecule is CC1CCC(C(=O)NCc2cc(C(=O)O)ccn2)O1. The standard InChI is InChI=1S/C13H16N2O4/c1-8-2-3-11(19-8)12(16)15-7-10-6-9(13(17)18)4-5-14-10/h4-6,8,11H,2-3,7H2,1H3,(H,15,16)(H,17,18). The van der Waals surface area contributed by atoms with E-state index in [2.05, 4.69) is 10.3 Å². The van der Waals surface area contributed by atoms with E-state index in [0.29, 0.717) is 5.69 Å². The van der Waals surface area contributed by atoms with Crippen molar-refractivity contribution in [2.24, 2.45) is 0 Å². The summed E-state index contributed by atoms with van der Waals surface area (Å²) in [5, 5.41) is 11.6.